The van der Waals surface area contributed by atoms with Crippen molar-refractivity contribution in [3.05, 3.63) is 34.3 Å². The van der Waals surface area contributed by atoms with Crippen molar-refractivity contribution in [1.29, 1.82) is 0 Å². The highest BCUT2D eigenvalue weighted by Gasteiger charge is 2.22. The molecule has 0 radical (unpaired) electrons. The Hall–Kier alpha value is -0.380. The second-order valence-corrected chi connectivity index (χ2v) is 4.92. The summed E-state index contributed by atoms with van der Waals surface area (Å²) in [7, 11) is 0. The number of nitrogens with one attached hydrogen (secondary N) is 1. The molecule has 3 heteroatoms. The van der Waals surface area contributed by atoms with E-state index in [9.17, 15) is 0 Å². The molecule has 2 nitrogen and oxygen atoms in total. The molecule has 2 rings (SSSR count). The first-order chi connectivity index (χ1) is 7.29. The minimum absolute atomic E-state index is 0.735. The van der Waals surface area contributed by atoms with Crippen molar-refractivity contribution in [3.8, 4) is 0 Å². The molecule has 1 N–H and O–H groups in total. The Morgan fingerprint density at radius 1 is 1.33 bits per heavy atom. The van der Waals surface area contributed by atoms with Gasteiger partial charge in [0.05, 0.1) is 0 Å². The number of benzene rings is 1. The molecule has 82 valence electrons. The van der Waals surface area contributed by atoms with Gasteiger partial charge in [-0.1, -0.05) is 35.0 Å². The van der Waals surface area contributed by atoms with Gasteiger partial charge in [-0.2, -0.15) is 0 Å². The van der Waals surface area contributed by atoms with Crippen LogP contribution in [-0.4, -0.2) is 30.6 Å². The van der Waals surface area contributed by atoms with Gasteiger partial charge < -0.3 is 5.32 Å². The van der Waals surface area contributed by atoms with E-state index in [2.05, 4.69) is 57.3 Å². The first-order valence-electron chi connectivity index (χ1n) is 5.49. The first-order valence-corrected chi connectivity index (χ1v) is 6.28. The molecule has 1 aromatic rings. The molecular weight excluding hydrogens is 252 g/mol. The highest BCUT2D eigenvalue weighted by atomic mass is 79.9. The number of nitrogens with zero attached hydrogens (tertiary/aromatic N) is 1. The third-order valence-electron chi connectivity index (χ3n) is 2.98. The Morgan fingerprint density at radius 3 is 2.47 bits per heavy atom. The topological polar surface area (TPSA) is 15.3 Å². The fourth-order valence-electron chi connectivity index (χ4n) is 1.86. The van der Waals surface area contributed by atoms with Gasteiger partial charge >= 0.3 is 0 Å². The van der Waals surface area contributed by atoms with Crippen molar-refractivity contribution >= 4 is 15.9 Å². The van der Waals surface area contributed by atoms with Crippen molar-refractivity contribution in [1.82, 2.24) is 10.2 Å². The fraction of sp³-hybridized carbons (Fsp3) is 0.500. The van der Waals surface area contributed by atoms with Crippen molar-refractivity contribution in [2.75, 3.05) is 19.6 Å². The largest absolute Gasteiger partial charge is 0.314 e. The summed E-state index contributed by atoms with van der Waals surface area (Å²) in [5, 5.41) is 3.32. The summed E-state index contributed by atoms with van der Waals surface area (Å²) in [4.78, 5) is 2.53. The third kappa shape index (κ3) is 2.80. The average molecular weight is 269 g/mol. The number of hydrogen-bond acceptors (Lipinski definition) is 2. The van der Waals surface area contributed by atoms with Crippen LogP contribution in [0.25, 0.3) is 0 Å². The molecule has 0 unspecified atom stereocenters. The molecule has 1 aromatic carbocycles. The fourth-order valence-corrected chi connectivity index (χ4v) is 2.12. The lowest BCUT2D eigenvalue weighted by Crippen LogP contribution is -2.56. The van der Waals surface area contributed by atoms with Crippen LogP contribution in [-0.2, 0) is 6.54 Å². The zero-order valence-electron chi connectivity index (χ0n) is 9.04. The maximum absolute atomic E-state index is 3.46. The zero-order chi connectivity index (χ0) is 10.7. The molecule has 1 aliphatic rings. The Balaban J connectivity index is 1.96. The molecular formula is C12H17BrN2. The molecule has 0 bridgehead atoms. The van der Waals surface area contributed by atoms with Crippen molar-refractivity contribution in [2.24, 2.45) is 0 Å². The lowest BCUT2D eigenvalue weighted by Gasteiger charge is -2.37. The molecule has 0 saturated carbocycles. The monoisotopic (exact) mass is 268 g/mol. The predicted octanol–water partition coefficient (Wildman–Crippen LogP) is 2.24. The van der Waals surface area contributed by atoms with Gasteiger partial charge in [-0.25, -0.2) is 0 Å². The molecule has 0 spiro atoms. The van der Waals surface area contributed by atoms with Crippen LogP contribution >= 0.6 is 15.9 Å². The van der Waals surface area contributed by atoms with Crippen molar-refractivity contribution in [2.45, 2.75) is 19.5 Å². The molecule has 15 heavy (non-hydrogen) atoms. The number of hydrogen-bond donors (Lipinski definition) is 1. The highest BCUT2D eigenvalue weighted by molar-refractivity contribution is 9.10. The summed E-state index contributed by atoms with van der Waals surface area (Å²) in [6, 6.07) is 9.35. The Labute approximate surface area is 99.8 Å². The second kappa shape index (κ2) is 5.10. The van der Waals surface area contributed by atoms with Crippen LogP contribution in [0.4, 0.5) is 0 Å². The Bertz CT molecular complexity index is 306. The molecule has 1 aliphatic heterocycles. The predicted molar refractivity (Wildman–Crippen MR) is 66.9 cm³/mol. The summed E-state index contributed by atoms with van der Waals surface area (Å²) in [6.45, 7) is 6.71. The van der Waals surface area contributed by atoms with Crippen LogP contribution in [0.15, 0.2) is 28.7 Å². The summed E-state index contributed by atoms with van der Waals surface area (Å²) < 4.78 is 1.15. The van der Waals surface area contributed by atoms with Crippen LogP contribution in [0.5, 0.6) is 0 Å². The normalized spacial score (nSPS) is 16.7. The van der Waals surface area contributed by atoms with E-state index in [1.54, 1.807) is 0 Å². The third-order valence-corrected chi connectivity index (χ3v) is 3.51. The van der Waals surface area contributed by atoms with E-state index in [1.165, 1.54) is 5.56 Å². The van der Waals surface area contributed by atoms with E-state index >= 15 is 0 Å². The maximum atomic E-state index is 3.46. The molecule has 0 aromatic heterocycles. The van der Waals surface area contributed by atoms with E-state index in [1.807, 2.05) is 0 Å². The Morgan fingerprint density at radius 2 is 2.00 bits per heavy atom. The summed E-state index contributed by atoms with van der Waals surface area (Å²) in [5.41, 5.74) is 1.40. The molecule has 1 heterocycles. The van der Waals surface area contributed by atoms with Gasteiger partial charge in [0.15, 0.2) is 0 Å². The van der Waals surface area contributed by atoms with Gasteiger partial charge in [0.25, 0.3) is 0 Å². The lowest BCUT2D eigenvalue weighted by atomic mass is 10.1. The maximum Gasteiger partial charge on any atom is 0.0348 e. The average Bonchev–Trinajstić information content (AvgIpc) is 2.17. The van der Waals surface area contributed by atoms with Crippen LogP contribution < -0.4 is 5.32 Å². The standard InChI is InChI=1S/C12H17BrN2/c1-2-15(12-7-14-8-12)9-10-3-5-11(13)6-4-10/h3-6,12,14H,2,7-9H2,1H3. The van der Waals surface area contributed by atoms with Gasteiger partial charge in [0, 0.05) is 30.1 Å². The van der Waals surface area contributed by atoms with Gasteiger partial charge in [-0.05, 0) is 24.2 Å². The van der Waals surface area contributed by atoms with E-state index in [0.29, 0.717) is 0 Å². The van der Waals surface area contributed by atoms with E-state index in [0.717, 1.165) is 36.7 Å². The van der Waals surface area contributed by atoms with Gasteiger partial charge in [0.1, 0.15) is 0 Å². The van der Waals surface area contributed by atoms with Gasteiger partial charge in [-0.3, -0.25) is 4.90 Å². The zero-order valence-corrected chi connectivity index (χ0v) is 10.6. The Kier molecular flexibility index (Phi) is 3.78. The smallest absolute Gasteiger partial charge is 0.0348 e. The SMILES string of the molecule is CCN(Cc1ccc(Br)cc1)C1CNC1. The van der Waals surface area contributed by atoms with Crippen LogP contribution in [0.1, 0.15) is 12.5 Å². The summed E-state index contributed by atoms with van der Waals surface area (Å²) in [6.07, 6.45) is 0. The highest BCUT2D eigenvalue weighted by Crippen LogP contribution is 2.14. The lowest BCUT2D eigenvalue weighted by molar-refractivity contribution is 0.145. The molecule has 0 aliphatic carbocycles. The quantitative estimate of drug-likeness (QED) is 0.901. The molecule has 1 saturated heterocycles. The minimum Gasteiger partial charge on any atom is -0.314 e. The van der Waals surface area contributed by atoms with Crippen molar-refractivity contribution < 1.29 is 0 Å². The van der Waals surface area contributed by atoms with Crippen LogP contribution in [0, 0.1) is 0 Å². The number of rotatable bonds is 4. The summed E-state index contributed by atoms with van der Waals surface area (Å²) >= 11 is 3.46. The molecule has 1 fully saturated rings. The van der Waals surface area contributed by atoms with E-state index in [4.69, 9.17) is 0 Å². The van der Waals surface area contributed by atoms with E-state index in [-0.39, 0.29) is 0 Å². The van der Waals surface area contributed by atoms with Crippen LogP contribution in [0.3, 0.4) is 0 Å². The van der Waals surface area contributed by atoms with Crippen molar-refractivity contribution in [3.63, 3.8) is 0 Å². The number of halogens is 1. The summed E-state index contributed by atoms with van der Waals surface area (Å²) in [5.74, 6) is 0. The molecule has 0 amide bonds. The van der Waals surface area contributed by atoms with E-state index < -0.39 is 0 Å². The number of likely N-dealkylation sites (N-methyl/N-ethyl adjacent to an activating group) is 1. The minimum atomic E-state index is 0.735. The van der Waals surface area contributed by atoms with Gasteiger partial charge in [0.2, 0.25) is 0 Å². The second-order valence-electron chi connectivity index (χ2n) is 4.00. The van der Waals surface area contributed by atoms with Crippen LogP contribution in [0.2, 0.25) is 0 Å². The first kappa shape index (κ1) is 11.1. The van der Waals surface area contributed by atoms with Gasteiger partial charge in [-0.15, -0.1) is 0 Å². The molecule has 0 atom stereocenters.